The molecule has 0 aliphatic heterocycles. The molecule has 0 unspecified atom stereocenters. The molecule has 0 spiro atoms. The molecule has 7 nitrogen and oxygen atoms in total. The van der Waals surface area contributed by atoms with E-state index in [1.807, 2.05) is 6.26 Å². The highest BCUT2D eigenvalue weighted by Crippen LogP contribution is 2.40. The Morgan fingerprint density at radius 2 is 2.15 bits per heavy atom. The summed E-state index contributed by atoms with van der Waals surface area (Å²) in [6.07, 6.45) is 2.82. The van der Waals surface area contributed by atoms with E-state index in [0.29, 0.717) is 12.8 Å². The van der Waals surface area contributed by atoms with Gasteiger partial charge in [-0.2, -0.15) is 11.8 Å². The van der Waals surface area contributed by atoms with Crippen LogP contribution in [-0.2, 0) is 16.4 Å². The van der Waals surface area contributed by atoms with E-state index < -0.39 is 31.3 Å². The lowest BCUT2D eigenvalue weighted by Gasteiger charge is -2.09. The number of phenols is 1. The Morgan fingerprint density at radius 1 is 1.55 bits per heavy atom. The minimum Gasteiger partial charge on any atom is -0.501 e. The van der Waals surface area contributed by atoms with E-state index in [1.54, 1.807) is 11.8 Å². The van der Waals surface area contributed by atoms with Crippen LogP contribution in [0, 0.1) is 10.1 Å². The number of halogens is 1. The number of aromatic hydroxyl groups is 1. The summed E-state index contributed by atoms with van der Waals surface area (Å²) >= 11 is 7.33. The molecule has 0 bridgehead atoms. The van der Waals surface area contributed by atoms with Crippen LogP contribution in [0.2, 0.25) is 5.02 Å². The van der Waals surface area contributed by atoms with Crippen molar-refractivity contribution in [3.8, 4) is 5.75 Å². The zero-order valence-electron chi connectivity index (χ0n) is 10.5. The van der Waals surface area contributed by atoms with Crippen molar-refractivity contribution in [2.45, 2.75) is 17.7 Å². The van der Waals surface area contributed by atoms with Gasteiger partial charge in [0.05, 0.1) is 9.95 Å². The summed E-state index contributed by atoms with van der Waals surface area (Å²) in [6, 6.07) is 1.17. The van der Waals surface area contributed by atoms with Crippen molar-refractivity contribution < 1.29 is 18.4 Å². The lowest BCUT2D eigenvalue weighted by atomic mass is 10.1. The number of hydrogen-bond donors (Lipinski definition) is 2. The number of sulfonamides is 1. The Morgan fingerprint density at radius 3 is 2.60 bits per heavy atom. The number of primary sulfonamides is 1. The molecule has 0 heterocycles. The second-order valence-corrected chi connectivity index (χ2v) is 6.83. The third-order valence-electron chi connectivity index (χ3n) is 2.52. The molecule has 0 saturated carbocycles. The van der Waals surface area contributed by atoms with Crippen molar-refractivity contribution in [3.63, 3.8) is 0 Å². The molecule has 3 N–H and O–H groups in total. The molecular formula is C10H13ClN2O5S2. The number of nitro benzene ring substituents is 1. The van der Waals surface area contributed by atoms with Crippen LogP contribution >= 0.6 is 23.4 Å². The monoisotopic (exact) mass is 340 g/mol. The number of nitro groups is 1. The van der Waals surface area contributed by atoms with E-state index in [9.17, 15) is 23.6 Å². The Bertz CT molecular complexity index is 633. The Kier molecular flexibility index (Phi) is 5.63. The second-order valence-electron chi connectivity index (χ2n) is 3.94. The van der Waals surface area contributed by atoms with Gasteiger partial charge in [-0.15, -0.1) is 0 Å². The quantitative estimate of drug-likeness (QED) is 0.463. The van der Waals surface area contributed by atoms with Gasteiger partial charge in [0.25, 0.3) is 0 Å². The fourth-order valence-electron chi connectivity index (χ4n) is 1.73. The van der Waals surface area contributed by atoms with Gasteiger partial charge in [-0.05, 0) is 30.9 Å². The number of thioether (sulfide) groups is 1. The molecule has 0 radical (unpaired) electrons. The van der Waals surface area contributed by atoms with Gasteiger partial charge >= 0.3 is 5.69 Å². The first-order valence-electron chi connectivity index (χ1n) is 5.40. The highest BCUT2D eigenvalue weighted by Gasteiger charge is 2.30. The van der Waals surface area contributed by atoms with Crippen molar-refractivity contribution in [3.05, 3.63) is 26.8 Å². The van der Waals surface area contributed by atoms with Crippen LogP contribution in [0.5, 0.6) is 5.75 Å². The standard InChI is InChI=1S/C10H13ClN2O5S2/c1-19-4-2-3-6-5-7(11)10(20(12,17)18)9(14)8(6)13(15)16/h5,14H,2-4H2,1H3,(H2,12,17,18). The number of aryl methyl sites for hydroxylation is 1. The van der Waals surface area contributed by atoms with Crippen molar-refractivity contribution in [2.24, 2.45) is 5.14 Å². The summed E-state index contributed by atoms with van der Waals surface area (Å²) in [7, 11) is -4.35. The molecule has 0 aliphatic carbocycles. The number of hydrogen-bond acceptors (Lipinski definition) is 6. The first-order chi connectivity index (χ1) is 9.20. The summed E-state index contributed by atoms with van der Waals surface area (Å²) in [5, 5.41) is 25.4. The summed E-state index contributed by atoms with van der Waals surface area (Å²) < 4.78 is 22.7. The zero-order valence-corrected chi connectivity index (χ0v) is 12.9. The molecule has 0 fully saturated rings. The first-order valence-corrected chi connectivity index (χ1v) is 8.72. The van der Waals surface area contributed by atoms with Gasteiger partial charge in [-0.25, -0.2) is 13.6 Å². The predicted molar refractivity (Wildman–Crippen MR) is 77.8 cm³/mol. The van der Waals surface area contributed by atoms with Gasteiger partial charge in [0.2, 0.25) is 15.8 Å². The highest BCUT2D eigenvalue weighted by molar-refractivity contribution is 7.98. The number of benzene rings is 1. The maximum atomic E-state index is 11.3. The van der Waals surface area contributed by atoms with Crippen LogP contribution in [0.1, 0.15) is 12.0 Å². The van der Waals surface area contributed by atoms with Crippen LogP contribution in [0.15, 0.2) is 11.0 Å². The average molecular weight is 341 g/mol. The summed E-state index contributed by atoms with van der Waals surface area (Å²) in [4.78, 5) is 9.37. The lowest BCUT2D eigenvalue weighted by molar-refractivity contribution is -0.386. The summed E-state index contributed by atoms with van der Waals surface area (Å²) in [5.74, 6) is -0.240. The number of rotatable bonds is 6. The van der Waals surface area contributed by atoms with E-state index in [-0.39, 0.29) is 10.6 Å². The molecule has 0 aliphatic rings. The molecular weight excluding hydrogens is 328 g/mol. The fourth-order valence-corrected chi connectivity index (χ4v) is 3.41. The normalized spacial score (nSPS) is 11.6. The minimum atomic E-state index is -4.35. The summed E-state index contributed by atoms with van der Waals surface area (Å²) in [6.45, 7) is 0. The Labute approximate surface area is 125 Å². The number of nitrogens with zero attached hydrogens (tertiary/aromatic N) is 1. The molecule has 1 aromatic carbocycles. The number of phenolic OH excluding ortho intramolecular Hbond substituents is 1. The average Bonchev–Trinajstić information content (AvgIpc) is 2.25. The van der Waals surface area contributed by atoms with Crippen LogP contribution in [0.3, 0.4) is 0 Å². The van der Waals surface area contributed by atoms with E-state index in [1.165, 1.54) is 6.07 Å². The van der Waals surface area contributed by atoms with E-state index in [4.69, 9.17) is 16.7 Å². The van der Waals surface area contributed by atoms with Gasteiger partial charge in [0.1, 0.15) is 4.90 Å². The third-order valence-corrected chi connectivity index (χ3v) is 4.61. The lowest BCUT2D eigenvalue weighted by Crippen LogP contribution is -2.14. The molecule has 1 aromatic rings. The molecule has 10 heteroatoms. The molecule has 0 amide bonds. The Hall–Kier alpha value is -1.03. The maximum absolute atomic E-state index is 11.3. The zero-order chi connectivity index (χ0) is 15.5. The van der Waals surface area contributed by atoms with Crippen molar-refractivity contribution in [2.75, 3.05) is 12.0 Å². The topological polar surface area (TPSA) is 124 Å². The third kappa shape index (κ3) is 3.75. The highest BCUT2D eigenvalue weighted by atomic mass is 35.5. The van der Waals surface area contributed by atoms with Crippen molar-refractivity contribution >= 4 is 39.1 Å². The van der Waals surface area contributed by atoms with E-state index in [2.05, 4.69) is 0 Å². The van der Waals surface area contributed by atoms with Gasteiger partial charge in [-0.1, -0.05) is 11.6 Å². The Balaban J connectivity index is 3.45. The SMILES string of the molecule is CSCCCc1cc(Cl)c(S(N)(=O)=O)c(O)c1[N+](=O)[O-]. The smallest absolute Gasteiger partial charge is 0.315 e. The molecule has 112 valence electrons. The van der Waals surface area contributed by atoms with Crippen molar-refractivity contribution in [1.29, 1.82) is 0 Å². The van der Waals surface area contributed by atoms with Gasteiger partial charge < -0.3 is 5.11 Å². The molecule has 0 aromatic heterocycles. The van der Waals surface area contributed by atoms with Gasteiger partial charge in [0, 0.05) is 5.56 Å². The fraction of sp³-hybridized carbons (Fsp3) is 0.400. The minimum absolute atomic E-state index is 0.180. The second kappa shape index (κ2) is 6.61. The molecule has 0 atom stereocenters. The van der Waals surface area contributed by atoms with Gasteiger partial charge in [0.15, 0.2) is 0 Å². The molecule has 0 saturated heterocycles. The number of nitrogens with two attached hydrogens (primary N) is 1. The van der Waals surface area contributed by atoms with E-state index in [0.717, 1.165) is 5.75 Å². The van der Waals surface area contributed by atoms with Crippen LogP contribution in [0.25, 0.3) is 0 Å². The predicted octanol–water partition coefficient (Wildman–Crippen LogP) is 1.90. The maximum Gasteiger partial charge on any atom is 0.315 e. The van der Waals surface area contributed by atoms with Crippen LogP contribution in [0.4, 0.5) is 5.69 Å². The van der Waals surface area contributed by atoms with E-state index >= 15 is 0 Å². The van der Waals surface area contributed by atoms with Gasteiger partial charge in [-0.3, -0.25) is 10.1 Å². The van der Waals surface area contributed by atoms with Crippen LogP contribution in [-0.4, -0.2) is 30.5 Å². The molecule has 20 heavy (non-hydrogen) atoms. The largest absolute Gasteiger partial charge is 0.501 e. The summed E-state index contributed by atoms with van der Waals surface area (Å²) in [5.41, 5.74) is -0.488. The first kappa shape index (κ1) is 17.0. The van der Waals surface area contributed by atoms with Crippen LogP contribution < -0.4 is 5.14 Å². The molecule has 1 rings (SSSR count). The van der Waals surface area contributed by atoms with Crippen molar-refractivity contribution in [1.82, 2.24) is 0 Å².